The molecule has 0 spiro atoms. The largest absolute Gasteiger partial charge is 0.756 e. The van der Waals surface area contributed by atoms with E-state index < -0.39 is 13.9 Å². The highest BCUT2D eigenvalue weighted by atomic mass is 31.2. The molecule has 0 N–H and O–H groups in total. The number of esters is 1. The van der Waals surface area contributed by atoms with Crippen LogP contribution in [0.1, 0.15) is 206 Å². The number of rotatable bonds is 41. The Bertz CT molecular complexity index is 792. The molecule has 0 saturated heterocycles. The van der Waals surface area contributed by atoms with Gasteiger partial charge in [0, 0.05) is 13.0 Å². The van der Waals surface area contributed by atoms with Crippen LogP contribution in [0.2, 0.25) is 0 Å². The second kappa shape index (κ2) is 36.5. The Morgan fingerprint density at radius 1 is 0.529 bits per heavy atom. The van der Waals surface area contributed by atoms with Gasteiger partial charge in [-0.25, -0.2) is 0 Å². The molecular weight excluding hydrogens is 661 g/mol. The van der Waals surface area contributed by atoms with Crippen molar-refractivity contribution in [2.45, 2.75) is 213 Å². The molecule has 0 amide bonds. The molecule has 0 bridgehead atoms. The number of unbranched alkanes of at least 4 members (excludes halogenated alkanes) is 27. The maximum atomic E-state index is 12.6. The number of ether oxygens (including phenoxy) is 2. The molecule has 0 saturated carbocycles. The fourth-order valence-corrected chi connectivity index (χ4v) is 6.98. The van der Waals surface area contributed by atoms with Gasteiger partial charge in [0.2, 0.25) is 0 Å². The van der Waals surface area contributed by atoms with Gasteiger partial charge in [-0.1, -0.05) is 187 Å². The van der Waals surface area contributed by atoms with Crippen molar-refractivity contribution in [2.24, 2.45) is 0 Å². The molecule has 2 unspecified atom stereocenters. The molecule has 2 atom stereocenters. The molecular formula is C42H86NO7P. The predicted molar refractivity (Wildman–Crippen MR) is 213 cm³/mol. The molecule has 0 aromatic rings. The smallest absolute Gasteiger partial charge is 0.306 e. The second-order valence-electron chi connectivity index (χ2n) is 16.1. The number of phosphoric ester groups is 1. The highest BCUT2D eigenvalue weighted by Gasteiger charge is 2.20. The van der Waals surface area contributed by atoms with Crippen molar-refractivity contribution in [2.75, 3.05) is 54.1 Å². The van der Waals surface area contributed by atoms with Crippen LogP contribution in [0.3, 0.4) is 0 Å². The quantitative estimate of drug-likeness (QED) is 0.0266. The van der Waals surface area contributed by atoms with Gasteiger partial charge in [-0.15, -0.1) is 0 Å². The Kier molecular flexibility index (Phi) is 36.1. The van der Waals surface area contributed by atoms with Gasteiger partial charge in [-0.3, -0.25) is 9.36 Å². The molecule has 0 aromatic carbocycles. The van der Waals surface area contributed by atoms with Crippen molar-refractivity contribution in [3.8, 4) is 0 Å². The van der Waals surface area contributed by atoms with E-state index in [9.17, 15) is 14.3 Å². The monoisotopic (exact) mass is 748 g/mol. The Morgan fingerprint density at radius 2 is 0.902 bits per heavy atom. The molecule has 51 heavy (non-hydrogen) atoms. The van der Waals surface area contributed by atoms with Crippen LogP contribution in [-0.4, -0.2) is 70.7 Å². The van der Waals surface area contributed by atoms with Gasteiger partial charge in [0.1, 0.15) is 19.3 Å². The van der Waals surface area contributed by atoms with Crippen LogP contribution in [-0.2, 0) is 27.9 Å². The lowest BCUT2D eigenvalue weighted by molar-refractivity contribution is -0.870. The van der Waals surface area contributed by atoms with Crippen LogP contribution >= 0.6 is 7.82 Å². The third-order valence-electron chi connectivity index (χ3n) is 9.66. The topological polar surface area (TPSA) is 94.1 Å². The van der Waals surface area contributed by atoms with Crippen LogP contribution in [0.15, 0.2) is 0 Å². The van der Waals surface area contributed by atoms with E-state index in [1.807, 2.05) is 21.1 Å². The van der Waals surface area contributed by atoms with E-state index >= 15 is 0 Å². The Morgan fingerprint density at radius 3 is 1.29 bits per heavy atom. The summed E-state index contributed by atoms with van der Waals surface area (Å²) in [4.78, 5) is 25.0. The summed E-state index contributed by atoms with van der Waals surface area (Å²) in [6.07, 6.45) is 36.7. The van der Waals surface area contributed by atoms with Crippen molar-refractivity contribution in [1.29, 1.82) is 0 Å². The number of nitrogens with zero attached hydrogens (tertiary/aromatic N) is 1. The molecule has 0 aliphatic rings. The zero-order valence-corrected chi connectivity index (χ0v) is 35.5. The number of hydrogen-bond acceptors (Lipinski definition) is 7. The van der Waals surface area contributed by atoms with E-state index in [0.29, 0.717) is 24.1 Å². The summed E-state index contributed by atoms with van der Waals surface area (Å²) in [6.45, 7) is 5.46. The lowest BCUT2D eigenvalue weighted by Gasteiger charge is -2.28. The number of carbonyl (C=O) groups excluding carboxylic acids is 1. The average molecular weight is 748 g/mol. The summed E-state index contributed by atoms with van der Waals surface area (Å²) < 4.78 is 34.6. The lowest BCUT2D eigenvalue weighted by Crippen LogP contribution is -2.37. The number of quaternary nitrogens is 1. The lowest BCUT2D eigenvalue weighted by atomic mass is 10.0. The van der Waals surface area contributed by atoms with Crippen LogP contribution in [0, 0.1) is 0 Å². The van der Waals surface area contributed by atoms with Gasteiger partial charge >= 0.3 is 5.97 Å². The summed E-state index contributed by atoms with van der Waals surface area (Å²) >= 11 is 0. The van der Waals surface area contributed by atoms with Crippen LogP contribution in [0.25, 0.3) is 0 Å². The summed E-state index contributed by atoms with van der Waals surface area (Å²) in [6, 6.07) is 0. The minimum absolute atomic E-state index is 0.0313. The zero-order chi connectivity index (χ0) is 37.7. The first-order valence-corrected chi connectivity index (χ1v) is 23.2. The number of carbonyl (C=O) groups is 1. The number of likely N-dealkylation sites (N-methyl/N-ethyl adjacent to an activating group) is 1. The van der Waals surface area contributed by atoms with Crippen LogP contribution in [0.4, 0.5) is 0 Å². The molecule has 0 aliphatic carbocycles. The summed E-state index contributed by atoms with van der Waals surface area (Å²) in [5, 5.41) is 0. The summed E-state index contributed by atoms with van der Waals surface area (Å²) in [5.41, 5.74) is 0. The zero-order valence-electron chi connectivity index (χ0n) is 34.6. The molecule has 0 aromatic heterocycles. The Balaban J connectivity index is 4.18. The van der Waals surface area contributed by atoms with Crippen molar-refractivity contribution in [3.05, 3.63) is 0 Å². The van der Waals surface area contributed by atoms with Gasteiger partial charge in [-0.05, 0) is 12.8 Å². The van der Waals surface area contributed by atoms with Gasteiger partial charge in [0.05, 0.1) is 34.4 Å². The molecule has 0 aliphatic heterocycles. The minimum atomic E-state index is -4.51. The molecule has 0 fully saturated rings. The third-order valence-corrected chi connectivity index (χ3v) is 10.6. The van der Waals surface area contributed by atoms with E-state index in [0.717, 1.165) is 32.1 Å². The summed E-state index contributed by atoms with van der Waals surface area (Å²) in [5.74, 6) is -0.329. The van der Waals surface area contributed by atoms with E-state index in [-0.39, 0.29) is 25.8 Å². The van der Waals surface area contributed by atoms with Crippen molar-refractivity contribution in [3.63, 3.8) is 0 Å². The Labute approximate surface area is 317 Å². The van der Waals surface area contributed by atoms with E-state index in [1.54, 1.807) is 0 Å². The predicted octanol–water partition coefficient (Wildman–Crippen LogP) is 11.9. The fourth-order valence-electron chi connectivity index (χ4n) is 6.25. The molecule has 9 heteroatoms. The molecule has 0 radical (unpaired) electrons. The first-order valence-electron chi connectivity index (χ1n) is 21.8. The highest BCUT2D eigenvalue weighted by Crippen LogP contribution is 2.38. The minimum Gasteiger partial charge on any atom is -0.756 e. The van der Waals surface area contributed by atoms with Crippen molar-refractivity contribution in [1.82, 2.24) is 0 Å². The first-order chi connectivity index (χ1) is 24.6. The number of phosphoric acid groups is 1. The van der Waals surface area contributed by atoms with Gasteiger partial charge in [-0.2, -0.15) is 0 Å². The average Bonchev–Trinajstić information content (AvgIpc) is 3.08. The first kappa shape index (κ1) is 50.5. The maximum absolute atomic E-state index is 12.6. The Hall–Kier alpha value is -0.500. The van der Waals surface area contributed by atoms with E-state index in [2.05, 4.69) is 13.8 Å². The van der Waals surface area contributed by atoms with E-state index in [4.69, 9.17) is 18.5 Å². The maximum Gasteiger partial charge on any atom is 0.306 e. The highest BCUT2D eigenvalue weighted by molar-refractivity contribution is 7.45. The standard InChI is InChI=1S/C42H86NO7P/c1-6-8-10-12-14-16-18-20-21-22-24-26-28-30-32-34-37-47-39-41(40-49-51(45,46)48-38-36-43(3,4)5)50-42(44)35-33-31-29-27-25-23-19-17-15-13-11-9-7-2/h41H,6-40H2,1-5H3. The van der Waals surface area contributed by atoms with Crippen LogP contribution < -0.4 is 4.89 Å². The molecule has 8 nitrogen and oxygen atoms in total. The molecule has 0 rings (SSSR count). The normalized spacial score (nSPS) is 13.8. The summed E-state index contributed by atoms with van der Waals surface area (Å²) in [7, 11) is 1.37. The number of hydrogen-bond donors (Lipinski definition) is 0. The SMILES string of the molecule is CCCCCCCCCCCCCCCCCCOCC(COP(=O)([O-])OCC[N+](C)(C)C)OC(=O)CCCCCCCCCCCCCCC. The fraction of sp³-hybridized carbons (Fsp3) is 0.976. The second-order valence-corrected chi connectivity index (χ2v) is 17.5. The van der Waals surface area contributed by atoms with Gasteiger partial charge in [0.15, 0.2) is 0 Å². The van der Waals surface area contributed by atoms with Crippen molar-refractivity contribution < 1.29 is 37.3 Å². The van der Waals surface area contributed by atoms with Gasteiger partial charge < -0.3 is 27.9 Å². The molecule has 0 heterocycles. The molecule has 306 valence electrons. The third kappa shape index (κ3) is 40.5. The van der Waals surface area contributed by atoms with E-state index in [1.165, 1.54) is 154 Å². The van der Waals surface area contributed by atoms with Crippen molar-refractivity contribution >= 4 is 13.8 Å². The van der Waals surface area contributed by atoms with Gasteiger partial charge in [0.25, 0.3) is 7.82 Å². The van der Waals surface area contributed by atoms with Crippen LogP contribution in [0.5, 0.6) is 0 Å².